The molecule has 0 aliphatic carbocycles. The monoisotopic (exact) mass is 256 g/mol. The van der Waals surface area contributed by atoms with E-state index in [0.29, 0.717) is 6.42 Å². The van der Waals surface area contributed by atoms with E-state index in [0.717, 1.165) is 12.8 Å². The molecule has 1 aliphatic heterocycles. The molecule has 104 valence electrons. The smallest absolute Gasteiger partial charge is 0.314 e. The lowest BCUT2D eigenvalue weighted by Gasteiger charge is -2.24. The number of ether oxygens (including phenoxy) is 2. The highest BCUT2D eigenvalue weighted by Gasteiger charge is 2.47. The molecule has 0 amide bonds. The molecule has 0 saturated carbocycles. The first kappa shape index (κ1) is 15.0. The molecule has 18 heavy (non-hydrogen) atoms. The number of hydrogen-bond acceptors (Lipinski definition) is 4. The van der Waals surface area contributed by atoms with Gasteiger partial charge in [0.05, 0.1) is 5.92 Å². The van der Waals surface area contributed by atoms with E-state index in [1.54, 1.807) is 6.92 Å². The van der Waals surface area contributed by atoms with Gasteiger partial charge in [0.25, 0.3) is 0 Å². The van der Waals surface area contributed by atoms with E-state index in [4.69, 9.17) is 9.47 Å². The Morgan fingerprint density at radius 3 is 2.50 bits per heavy atom. The van der Waals surface area contributed by atoms with Gasteiger partial charge < -0.3 is 9.47 Å². The first-order valence-corrected chi connectivity index (χ1v) is 6.69. The van der Waals surface area contributed by atoms with Crippen molar-refractivity contribution < 1.29 is 19.1 Å². The molecule has 4 heteroatoms. The van der Waals surface area contributed by atoms with Crippen LogP contribution in [-0.2, 0) is 19.1 Å². The van der Waals surface area contributed by atoms with E-state index in [9.17, 15) is 9.59 Å². The lowest BCUT2D eigenvalue weighted by atomic mass is 9.87. The molecule has 0 unspecified atom stereocenters. The fourth-order valence-electron chi connectivity index (χ4n) is 2.26. The minimum absolute atomic E-state index is 0.258. The molecule has 1 aliphatic rings. The Hall–Kier alpha value is -1.06. The van der Waals surface area contributed by atoms with E-state index in [1.807, 2.05) is 20.8 Å². The predicted octanol–water partition coefficient (Wildman–Crippen LogP) is 2.70. The first-order valence-electron chi connectivity index (χ1n) is 6.69. The molecule has 0 aromatic carbocycles. The first-order chi connectivity index (χ1) is 8.26. The Kier molecular flexibility index (Phi) is 4.77. The maximum Gasteiger partial charge on any atom is 0.314 e. The van der Waals surface area contributed by atoms with Crippen LogP contribution in [0, 0.1) is 11.8 Å². The molecular weight excluding hydrogens is 232 g/mol. The molecule has 1 saturated heterocycles. The average Bonchev–Trinajstić information content (AvgIpc) is 2.47. The van der Waals surface area contributed by atoms with Crippen LogP contribution in [0.1, 0.15) is 53.9 Å². The number of hydrogen-bond donors (Lipinski definition) is 0. The maximum absolute atomic E-state index is 12.1. The SMILES string of the molecule is CCCC[C@@H]1C(=O)O[C@@H](C)[C@@H]1C(=O)OC(C)(C)C. The fourth-order valence-corrected chi connectivity index (χ4v) is 2.26. The van der Waals surface area contributed by atoms with Crippen LogP contribution in [0.15, 0.2) is 0 Å². The Balaban J connectivity index is 2.75. The molecule has 0 aromatic rings. The van der Waals surface area contributed by atoms with Gasteiger partial charge in [-0.15, -0.1) is 0 Å². The summed E-state index contributed by atoms with van der Waals surface area (Å²) in [6.07, 6.45) is 2.24. The summed E-state index contributed by atoms with van der Waals surface area (Å²) in [6, 6.07) is 0. The Labute approximate surface area is 109 Å². The van der Waals surface area contributed by atoms with Crippen molar-refractivity contribution in [2.75, 3.05) is 0 Å². The van der Waals surface area contributed by atoms with E-state index >= 15 is 0 Å². The van der Waals surface area contributed by atoms with Crippen molar-refractivity contribution in [3.63, 3.8) is 0 Å². The Morgan fingerprint density at radius 1 is 1.39 bits per heavy atom. The van der Waals surface area contributed by atoms with Gasteiger partial charge in [0.2, 0.25) is 0 Å². The van der Waals surface area contributed by atoms with Gasteiger partial charge in [-0.2, -0.15) is 0 Å². The summed E-state index contributed by atoms with van der Waals surface area (Å²) < 4.78 is 10.6. The summed E-state index contributed by atoms with van der Waals surface area (Å²) in [5, 5.41) is 0. The molecule has 1 fully saturated rings. The van der Waals surface area contributed by atoms with E-state index in [1.165, 1.54) is 0 Å². The van der Waals surface area contributed by atoms with Crippen LogP contribution in [0.4, 0.5) is 0 Å². The van der Waals surface area contributed by atoms with Crippen LogP contribution in [0.25, 0.3) is 0 Å². The molecule has 0 bridgehead atoms. The van der Waals surface area contributed by atoms with Crippen molar-refractivity contribution in [3.8, 4) is 0 Å². The molecule has 0 N–H and O–H groups in total. The summed E-state index contributed by atoms with van der Waals surface area (Å²) in [7, 11) is 0. The normalized spacial score (nSPS) is 28.1. The number of esters is 2. The van der Waals surface area contributed by atoms with Gasteiger partial charge in [0, 0.05) is 0 Å². The van der Waals surface area contributed by atoms with E-state index in [-0.39, 0.29) is 24.0 Å². The summed E-state index contributed by atoms with van der Waals surface area (Å²) in [5.74, 6) is -1.37. The molecule has 0 radical (unpaired) electrons. The van der Waals surface area contributed by atoms with Crippen LogP contribution in [0.5, 0.6) is 0 Å². The quantitative estimate of drug-likeness (QED) is 0.726. The second-order valence-electron chi connectivity index (χ2n) is 5.95. The van der Waals surface area contributed by atoms with Crippen molar-refractivity contribution in [3.05, 3.63) is 0 Å². The van der Waals surface area contributed by atoms with Crippen LogP contribution in [-0.4, -0.2) is 23.6 Å². The van der Waals surface area contributed by atoms with E-state index in [2.05, 4.69) is 6.92 Å². The third kappa shape index (κ3) is 3.72. The highest BCUT2D eigenvalue weighted by atomic mass is 16.6. The second-order valence-corrected chi connectivity index (χ2v) is 5.95. The third-order valence-electron chi connectivity index (χ3n) is 3.09. The molecule has 0 aromatic heterocycles. The Bertz CT molecular complexity index is 316. The predicted molar refractivity (Wildman–Crippen MR) is 67.9 cm³/mol. The lowest BCUT2D eigenvalue weighted by molar-refractivity contribution is -0.162. The number of carbonyl (C=O) groups excluding carboxylic acids is 2. The zero-order valence-electron chi connectivity index (χ0n) is 12.0. The van der Waals surface area contributed by atoms with Crippen LogP contribution >= 0.6 is 0 Å². The highest BCUT2D eigenvalue weighted by molar-refractivity contribution is 5.85. The second kappa shape index (κ2) is 5.72. The lowest BCUT2D eigenvalue weighted by Crippen LogP contribution is -2.35. The molecule has 4 nitrogen and oxygen atoms in total. The van der Waals surface area contributed by atoms with Gasteiger partial charge in [-0.3, -0.25) is 9.59 Å². The third-order valence-corrected chi connectivity index (χ3v) is 3.09. The van der Waals surface area contributed by atoms with Crippen molar-refractivity contribution in [1.29, 1.82) is 0 Å². The van der Waals surface area contributed by atoms with Crippen molar-refractivity contribution >= 4 is 11.9 Å². The van der Waals surface area contributed by atoms with Gasteiger partial charge in [0.1, 0.15) is 17.6 Å². The zero-order valence-corrected chi connectivity index (χ0v) is 12.0. The summed E-state index contributed by atoms with van der Waals surface area (Å²) in [4.78, 5) is 23.9. The number of rotatable bonds is 4. The average molecular weight is 256 g/mol. The minimum Gasteiger partial charge on any atom is -0.461 e. The molecular formula is C14H24O4. The maximum atomic E-state index is 12.1. The van der Waals surface area contributed by atoms with Gasteiger partial charge in [-0.25, -0.2) is 0 Å². The highest BCUT2D eigenvalue weighted by Crippen LogP contribution is 2.34. The summed E-state index contributed by atoms with van der Waals surface area (Å²) in [6.45, 7) is 9.31. The fraction of sp³-hybridized carbons (Fsp3) is 0.857. The minimum atomic E-state index is -0.530. The summed E-state index contributed by atoms with van der Waals surface area (Å²) >= 11 is 0. The standard InChI is InChI=1S/C14H24O4/c1-6-7-8-10-11(9(2)17-12(10)15)13(16)18-14(3,4)5/h9-11H,6-8H2,1-5H3/t9-,10-,11-/m0/s1. The van der Waals surface area contributed by atoms with Crippen molar-refractivity contribution in [2.24, 2.45) is 11.8 Å². The Morgan fingerprint density at radius 2 is 2.00 bits per heavy atom. The van der Waals surface area contributed by atoms with Gasteiger partial charge in [0.15, 0.2) is 0 Å². The van der Waals surface area contributed by atoms with Crippen LogP contribution < -0.4 is 0 Å². The van der Waals surface area contributed by atoms with Crippen LogP contribution in [0.2, 0.25) is 0 Å². The zero-order chi connectivity index (χ0) is 13.9. The van der Waals surface area contributed by atoms with Gasteiger partial charge in [-0.05, 0) is 34.1 Å². The number of unbranched alkanes of at least 4 members (excludes halogenated alkanes) is 1. The van der Waals surface area contributed by atoms with E-state index < -0.39 is 11.5 Å². The molecule has 1 heterocycles. The molecule has 1 rings (SSSR count). The molecule has 0 spiro atoms. The van der Waals surface area contributed by atoms with Gasteiger partial charge >= 0.3 is 11.9 Å². The molecule has 3 atom stereocenters. The topological polar surface area (TPSA) is 52.6 Å². The largest absolute Gasteiger partial charge is 0.461 e. The van der Waals surface area contributed by atoms with Crippen molar-refractivity contribution in [2.45, 2.75) is 65.6 Å². The summed E-state index contributed by atoms with van der Waals surface area (Å²) in [5.41, 5.74) is -0.530. The number of carbonyl (C=O) groups is 2. The van der Waals surface area contributed by atoms with Crippen LogP contribution in [0.3, 0.4) is 0 Å². The van der Waals surface area contributed by atoms with Gasteiger partial charge in [-0.1, -0.05) is 19.8 Å². The number of cyclic esters (lactones) is 1. The van der Waals surface area contributed by atoms with Crippen molar-refractivity contribution in [1.82, 2.24) is 0 Å².